The Labute approximate surface area is 303 Å². The van der Waals surface area contributed by atoms with Crippen molar-refractivity contribution < 1.29 is 34.0 Å². The Kier molecular flexibility index (Phi) is 35.7. The summed E-state index contributed by atoms with van der Waals surface area (Å²) < 4.78 is 15.6. The predicted molar refractivity (Wildman–Crippen MR) is 204 cm³/mol. The van der Waals surface area contributed by atoms with E-state index in [1.165, 1.54) is 128 Å². The van der Waals surface area contributed by atoms with Gasteiger partial charge in [-0.1, -0.05) is 182 Å². The highest BCUT2D eigenvalue weighted by molar-refractivity contribution is 5.69. The SMILES string of the molecule is CC(C)CCCCCCCCCCCCCCC(=O)OCC(O)COCC(O)COC(=O)CCCCCCCCCCCCCCC(C)C. The van der Waals surface area contributed by atoms with Gasteiger partial charge in [0.05, 0.1) is 13.2 Å². The molecule has 0 aliphatic carbocycles. The van der Waals surface area contributed by atoms with E-state index in [0.29, 0.717) is 12.8 Å². The number of ether oxygens (including phenoxy) is 3. The summed E-state index contributed by atoms with van der Waals surface area (Å²) in [4.78, 5) is 23.9. The smallest absolute Gasteiger partial charge is 0.305 e. The van der Waals surface area contributed by atoms with E-state index in [9.17, 15) is 19.8 Å². The third-order valence-electron chi connectivity index (χ3n) is 9.32. The second-order valence-corrected chi connectivity index (χ2v) is 15.6. The molecular weight excluding hydrogens is 616 g/mol. The minimum Gasteiger partial charge on any atom is -0.463 e. The Morgan fingerprint density at radius 3 is 0.898 bits per heavy atom. The maximum absolute atomic E-state index is 12.0. The molecule has 0 radical (unpaired) electrons. The molecule has 0 saturated carbocycles. The first-order valence-corrected chi connectivity index (χ1v) is 21.0. The lowest BCUT2D eigenvalue weighted by Crippen LogP contribution is -2.28. The number of aliphatic hydroxyl groups is 2. The lowest BCUT2D eigenvalue weighted by molar-refractivity contribution is -0.149. The summed E-state index contributed by atoms with van der Waals surface area (Å²) in [6.45, 7) is 8.84. The van der Waals surface area contributed by atoms with Gasteiger partial charge in [0.1, 0.15) is 25.4 Å². The molecule has 0 bridgehead atoms. The predicted octanol–water partition coefficient (Wildman–Crippen LogP) is 11.0. The number of aliphatic hydroxyl groups excluding tert-OH is 2. The molecule has 0 aliphatic rings. The van der Waals surface area contributed by atoms with E-state index >= 15 is 0 Å². The molecular formula is C42H82O7. The molecule has 0 spiro atoms. The van der Waals surface area contributed by atoms with Gasteiger partial charge in [-0.05, 0) is 24.7 Å². The highest BCUT2D eigenvalue weighted by Crippen LogP contribution is 2.16. The number of rotatable bonds is 38. The summed E-state index contributed by atoms with van der Waals surface area (Å²) >= 11 is 0. The molecule has 292 valence electrons. The van der Waals surface area contributed by atoms with Crippen LogP contribution in [-0.2, 0) is 23.8 Å². The molecule has 0 heterocycles. The summed E-state index contributed by atoms with van der Waals surface area (Å²) in [7, 11) is 0. The van der Waals surface area contributed by atoms with Crippen LogP contribution in [-0.4, -0.2) is 60.8 Å². The zero-order chi connectivity index (χ0) is 36.2. The van der Waals surface area contributed by atoms with Gasteiger partial charge < -0.3 is 24.4 Å². The van der Waals surface area contributed by atoms with Crippen molar-refractivity contribution in [1.82, 2.24) is 0 Å². The first-order valence-electron chi connectivity index (χ1n) is 21.0. The van der Waals surface area contributed by atoms with Gasteiger partial charge in [0.25, 0.3) is 0 Å². The number of esters is 2. The lowest BCUT2D eigenvalue weighted by Gasteiger charge is -2.15. The molecule has 0 amide bonds. The van der Waals surface area contributed by atoms with Crippen LogP contribution in [0.15, 0.2) is 0 Å². The van der Waals surface area contributed by atoms with Crippen LogP contribution in [0.4, 0.5) is 0 Å². The van der Waals surface area contributed by atoms with Crippen molar-refractivity contribution in [3.05, 3.63) is 0 Å². The number of carbonyl (C=O) groups excluding carboxylic acids is 2. The van der Waals surface area contributed by atoms with E-state index < -0.39 is 12.2 Å². The average Bonchev–Trinajstić information content (AvgIpc) is 3.06. The largest absolute Gasteiger partial charge is 0.463 e. The Hall–Kier alpha value is -1.18. The summed E-state index contributed by atoms with van der Waals surface area (Å²) in [6, 6.07) is 0. The Bertz CT molecular complexity index is 653. The van der Waals surface area contributed by atoms with Gasteiger partial charge in [0.15, 0.2) is 0 Å². The summed E-state index contributed by atoms with van der Waals surface area (Å²) in [5.74, 6) is 1.07. The molecule has 49 heavy (non-hydrogen) atoms. The van der Waals surface area contributed by atoms with Gasteiger partial charge in [-0.15, -0.1) is 0 Å². The van der Waals surface area contributed by atoms with Crippen LogP contribution >= 0.6 is 0 Å². The normalized spacial score (nSPS) is 12.9. The van der Waals surface area contributed by atoms with Gasteiger partial charge in [-0.3, -0.25) is 9.59 Å². The second kappa shape index (κ2) is 36.6. The average molecular weight is 699 g/mol. The van der Waals surface area contributed by atoms with E-state index in [0.717, 1.165) is 50.4 Å². The fourth-order valence-electron chi connectivity index (χ4n) is 6.14. The third-order valence-corrected chi connectivity index (χ3v) is 9.32. The maximum atomic E-state index is 12.0. The number of hydrogen-bond donors (Lipinski definition) is 2. The Morgan fingerprint density at radius 2 is 0.633 bits per heavy atom. The van der Waals surface area contributed by atoms with E-state index in [4.69, 9.17) is 14.2 Å². The van der Waals surface area contributed by atoms with E-state index in [1.807, 2.05) is 0 Å². The van der Waals surface area contributed by atoms with E-state index in [1.54, 1.807) is 0 Å². The first-order chi connectivity index (χ1) is 23.7. The van der Waals surface area contributed by atoms with E-state index in [-0.39, 0.29) is 38.4 Å². The van der Waals surface area contributed by atoms with Crippen LogP contribution in [0.3, 0.4) is 0 Å². The molecule has 0 aliphatic heterocycles. The van der Waals surface area contributed by atoms with Crippen molar-refractivity contribution in [2.45, 2.75) is 220 Å². The van der Waals surface area contributed by atoms with Crippen molar-refractivity contribution >= 4 is 11.9 Å². The zero-order valence-corrected chi connectivity index (χ0v) is 32.9. The highest BCUT2D eigenvalue weighted by atomic mass is 16.6. The molecule has 7 heteroatoms. The van der Waals surface area contributed by atoms with Crippen molar-refractivity contribution in [3.63, 3.8) is 0 Å². The van der Waals surface area contributed by atoms with Gasteiger partial charge >= 0.3 is 11.9 Å². The summed E-state index contributed by atoms with van der Waals surface area (Å²) in [5, 5.41) is 20.1. The maximum Gasteiger partial charge on any atom is 0.305 e. The molecule has 2 N–H and O–H groups in total. The van der Waals surface area contributed by atoms with Crippen molar-refractivity contribution in [2.24, 2.45) is 11.8 Å². The minimum atomic E-state index is -0.955. The molecule has 2 unspecified atom stereocenters. The van der Waals surface area contributed by atoms with E-state index in [2.05, 4.69) is 27.7 Å². The van der Waals surface area contributed by atoms with Crippen molar-refractivity contribution in [1.29, 1.82) is 0 Å². The van der Waals surface area contributed by atoms with Gasteiger partial charge in [0.2, 0.25) is 0 Å². The van der Waals surface area contributed by atoms with Crippen molar-refractivity contribution in [2.75, 3.05) is 26.4 Å². The van der Waals surface area contributed by atoms with Gasteiger partial charge in [-0.2, -0.15) is 0 Å². The Balaban J connectivity index is 3.46. The standard InChI is InChI=1S/C42H82O7/c1-37(2)29-25-21-17-13-9-5-7-11-15-19-23-27-31-41(45)48-35-39(43)33-47-34-40(44)36-49-42(46)32-28-24-20-16-12-8-6-10-14-18-22-26-30-38(3)4/h37-40,43-44H,5-36H2,1-4H3. The summed E-state index contributed by atoms with van der Waals surface area (Å²) in [5.41, 5.74) is 0. The molecule has 7 nitrogen and oxygen atoms in total. The molecule has 2 atom stereocenters. The van der Waals surface area contributed by atoms with Crippen LogP contribution in [0.2, 0.25) is 0 Å². The Morgan fingerprint density at radius 1 is 0.388 bits per heavy atom. The van der Waals surface area contributed by atoms with Gasteiger partial charge in [0, 0.05) is 12.8 Å². The molecule has 0 saturated heterocycles. The highest BCUT2D eigenvalue weighted by Gasteiger charge is 2.13. The lowest BCUT2D eigenvalue weighted by atomic mass is 10.0. The number of carbonyl (C=O) groups is 2. The first kappa shape index (κ1) is 47.8. The van der Waals surface area contributed by atoms with Crippen LogP contribution < -0.4 is 0 Å². The molecule has 0 aromatic carbocycles. The molecule has 0 rings (SSSR count). The quantitative estimate of drug-likeness (QED) is 0.0489. The summed E-state index contributed by atoms with van der Waals surface area (Å²) in [6.07, 6.45) is 31.6. The number of hydrogen-bond acceptors (Lipinski definition) is 7. The van der Waals surface area contributed by atoms with Crippen LogP contribution in [0.25, 0.3) is 0 Å². The molecule has 0 aromatic rings. The van der Waals surface area contributed by atoms with Crippen LogP contribution in [0.1, 0.15) is 207 Å². The van der Waals surface area contributed by atoms with Crippen LogP contribution in [0.5, 0.6) is 0 Å². The zero-order valence-electron chi connectivity index (χ0n) is 32.9. The molecule has 0 fully saturated rings. The topological polar surface area (TPSA) is 102 Å². The third kappa shape index (κ3) is 39.5. The fourth-order valence-corrected chi connectivity index (χ4v) is 6.14. The second-order valence-electron chi connectivity index (χ2n) is 15.6. The monoisotopic (exact) mass is 699 g/mol. The number of unbranched alkanes of at least 4 members (excludes halogenated alkanes) is 22. The van der Waals surface area contributed by atoms with Crippen molar-refractivity contribution in [3.8, 4) is 0 Å². The van der Waals surface area contributed by atoms with Crippen LogP contribution in [0, 0.1) is 11.8 Å². The van der Waals surface area contributed by atoms with Gasteiger partial charge in [-0.25, -0.2) is 0 Å². The fraction of sp³-hybridized carbons (Fsp3) is 0.952. The molecule has 0 aromatic heterocycles. The minimum absolute atomic E-state index is 0.0607.